The number of pyridine rings is 1. The van der Waals surface area contributed by atoms with Crippen LogP contribution in [0.2, 0.25) is 0 Å². The Morgan fingerprint density at radius 1 is 1.19 bits per heavy atom. The van der Waals surface area contributed by atoms with Crippen molar-refractivity contribution in [2.45, 2.75) is 38.5 Å². The summed E-state index contributed by atoms with van der Waals surface area (Å²) in [6.07, 6.45) is 8.35. The number of amides is 2. The molecule has 2 heterocycles. The van der Waals surface area contributed by atoms with Crippen LogP contribution in [0.1, 0.15) is 38.5 Å². The van der Waals surface area contributed by atoms with Gasteiger partial charge in [0.25, 0.3) is 5.91 Å². The highest BCUT2D eigenvalue weighted by Crippen LogP contribution is 2.30. The van der Waals surface area contributed by atoms with Crippen molar-refractivity contribution in [3.05, 3.63) is 18.3 Å². The largest absolute Gasteiger partial charge is 0.468 e. The number of ether oxygens (including phenoxy) is 1. The highest BCUT2D eigenvalue weighted by atomic mass is 16.5. The Bertz CT molecular complexity index is 595. The molecule has 1 saturated heterocycles. The molecule has 1 saturated carbocycles. The second kappa shape index (κ2) is 9.52. The summed E-state index contributed by atoms with van der Waals surface area (Å²) in [5.41, 5.74) is 0.649. The van der Waals surface area contributed by atoms with Gasteiger partial charge in [0.05, 0.1) is 11.9 Å². The van der Waals surface area contributed by atoms with E-state index in [2.05, 4.69) is 20.5 Å². The van der Waals surface area contributed by atoms with Gasteiger partial charge in [-0.1, -0.05) is 6.42 Å². The minimum atomic E-state index is -0.142. The number of aromatic nitrogens is 1. The normalized spacial score (nSPS) is 17.5. The second-order valence-electron chi connectivity index (χ2n) is 7.04. The van der Waals surface area contributed by atoms with E-state index in [0.29, 0.717) is 18.1 Å². The molecular weight excluding hydrogens is 332 g/mol. The van der Waals surface area contributed by atoms with Crippen molar-refractivity contribution in [2.75, 3.05) is 38.1 Å². The first-order valence-corrected chi connectivity index (χ1v) is 9.59. The van der Waals surface area contributed by atoms with Crippen LogP contribution in [-0.2, 0) is 9.59 Å². The fourth-order valence-electron chi connectivity index (χ4n) is 3.03. The molecule has 1 aliphatic carbocycles. The number of likely N-dealkylation sites (tertiary alicyclic amines) is 1. The lowest BCUT2D eigenvalue weighted by Gasteiger charge is -2.26. The molecule has 7 heteroatoms. The van der Waals surface area contributed by atoms with Crippen LogP contribution >= 0.6 is 0 Å². The summed E-state index contributed by atoms with van der Waals surface area (Å²) in [6.45, 7) is 4.01. The van der Waals surface area contributed by atoms with Crippen molar-refractivity contribution in [1.82, 2.24) is 15.2 Å². The van der Waals surface area contributed by atoms with Gasteiger partial charge >= 0.3 is 0 Å². The molecule has 0 atom stereocenters. The monoisotopic (exact) mass is 360 g/mol. The number of carbonyl (C=O) groups is 2. The predicted molar refractivity (Wildman–Crippen MR) is 99.0 cm³/mol. The Balaban J connectivity index is 1.28. The topological polar surface area (TPSA) is 83.6 Å². The smallest absolute Gasteiger partial charge is 0.258 e. The molecule has 0 radical (unpaired) electrons. The minimum absolute atomic E-state index is 0.0457. The number of hydrogen-bond acceptors (Lipinski definition) is 5. The third-order valence-corrected chi connectivity index (χ3v) is 4.73. The molecule has 2 fully saturated rings. The summed E-state index contributed by atoms with van der Waals surface area (Å²) in [5, 5.41) is 5.69. The van der Waals surface area contributed by atoms with Crippen molar-refractivity contribution in [2.24, 2.45) is 5.92 Å². The molecular formula is C19H28N4O3. The Kier molecular flexibility index (Phi) is 6.82. The number of piperidine rings is 1. The maximum Gasteiger partial charge on any atom is 0.258 e. The molecule has 26 heavy (non-hydrogen) atoms. The molecule has 1 aliphatic heterocycles. The van der Waals surface area contributed by atoms with E-state index in [-0.39, 0.29) is 24.3 Å². The average Bonchev–Trinajstić information content (AvgIpc) is 3.51. The van der Waals surface area contributed by atoms with Crippen molar-refractivity contribution >= 4 is 17.5 Å². The molecule has 7 nitrogen and oxygen atoms in total. The van der Waals surface area contributed by atoms with Crippen LogP contribution in [0.3, 0.4) is 0 Å². The SMILES string of the molecule is O=C(COc1ccc(NC(=O)C2CC2)cn1)NCCCN1CCCCC1. The van der Waals surface area contributed by atoms with E-state index in [1.807, 2.05) is 0 Å². The first kappa shape index (κ1) is 18.6. The second-order valence-corrected chi connectivity index (χ2v) is 7.04. The zero-order chi connectivity index (χ0) is 18.2. The van der Waals surface area contributed by atoms with E-state index in [1.165, 1.54) is 32.4 Å². The predicted octanol–water partition coefficient (Wildman–Crippen LogP) is 1.80. The van der Waals surface area contributed by atoms with Crippen molar-refractivity contribution in [3.8, 4) is 5.88 Å². The van der Waals surface area contributed by atoms with Gasteiger partial charge in [-0.25, -0.2) is 4.98 Å². The summed E-state index contributed by atoms with van der Waals surface area (Å²) < 4.78 is 5.39. The van der Waals surface area contributed by atoms with Crippen molar-refractivity contribution in [1.29, 1.82) is 0 Å². The fraction of sp³-hybridized carbons (Fsp3) is 0.632. The number of nitrogens with one attached hydrogen (secondary N) is 2. The maximum absolute atomic E-state index is 11.8. The Hall–Kier alpha value is -2.15. The molecule has 0 bridgehead atoms. The van der Waals surface area contributed by atoms with E-state index < -0.39 is 0 Å². The van der Waals surface area contributed by atoms with E-state index in [0.717, 1.165) is 25.8 Å². The lowest BCUT2D eigenvalue weighted by atomic mass is 10.1. The van der Waals surface area contributed by atoms with E-state index in [1.54, 1.807) is 18.3 Å². The number of nitrogens with zero attached hydrogens (tertiary/aromatic N) is 2. The quantitative estimate of drug-likeness (QED) is 0.656. The lowest BCUT2D eigenvalue weighted by Crippen LogP contribution is -2.34. The third-order valence-electron chi connectivity index (χ3n) is 4.73. The summed E-state index contributed by atoms with van der Waals surface area (Å²) >= 11 is 0. The van der Waals surface area contributed by atoms with Gasteiger partial charge in [-0.05, 0) is 57.8 Å². The molecule has 2 amide bonds. The van der Waals surface area contributed by atoms with Gasteiger partial charge < -0.3 is 20.3 Å². The molecule has 0 unspecified atom stereocenters. The fourth-order valence-corrected chi connectivity index (χ4v) is 3.03. The summed E-state index contributed by atoms with van der Waals surface area (Å²) in [5.74, 6) is 0.434. The zero-order valence-corrected chi connectivity index (χ0v) is 15.2. The zero-order valence-electron chi connectivity index (χ0n) is 15.2. The highest BCUT2D eigenvalue weighted by molar-refractivity contribution is 5.93. The number of rotatable bonds is 9. The molecule has 0 aromatic carbocycles. The van der Waals surface area contributed by atoms with Crippen molar-refractivity contribution < 1.29 is 14.3 Å². The number of hydrogen-bond donors (Lipinski definition) is 2. The van der Waals surface area contributed by atoms with Gasteiger partial charge in [0, 0.05) is 18.5 Å². The van der Waals surface area contributed by atoms with Crippen LogP contribution in [-0.4, -0.2) is 54.5 Å². The number of carbonyl (C=O) groups excluding carboxylic acids is 2. The summed E-state index contributed by atoms with van der Waals surface area (Å²) in [7, 11) is 0. The molecule has 3 rings (SSSR count). The van der Waals surface area contributed by atoms with E-state index in [9.17, 15) is 9.59 Å². The molecule has 142 valence electrons. The molecule has 2 N–H and O–H groups in total. The molecule has 1 aromatic rings. The lowest BCUT2D eigenvalue weighted by molar-refractivity contribution is -0.123. The first-order chi connectivity index (χ1) is 12.7. The Morgan fingerprint density at radius 2 is 2.00 bits per heavy atom. The maximum atomic E-state index is 11.8. The average molecular weight is 360 g/mol. The number of anilines is 1. The van der Waals surface area contributed by atoms with Crippen LogP contribution in [0.4, 0.5) is 5.69 Å². The van der Waals surface area contributed by atoms with Crippen LogP contribution in [0.5, 0.6) is 5.88 Å². The van der Waals surface area contributed by atoms with Crippen molar-refractivity contribution in [3.63, 3.8) is 0 Å². The Labute approximate surface area is 154 Å². The standard InChI is InChI=1S/C19H28N4O3/c24-17(20-9-4-12-23-10-2-1-3-11-23)14-26-18-8-7-16(13-21-18)22-19(25)15-5-6-15/h7-8,13,15H,1-6,9-12,14H2,(H,20,24)(H,22,25). The van der Waals surface area contributed by atoms with Crippen LogP contribution in [0.15, 0.2) is 18.3 Å². The summed E-state index contributed by atoms with van der Waals surface area (Å²) in [6, 6.07) is 3.39. The van der Waals surface area contributed by atoms with Crippen LogP contribution < -0.4 is 15.4 Å². The Morgan fingerprint density at radius 3 is 2.69 bits per heavy atom. The van der Waals surface area contributed by atoms with E-state index >= 15 is 0 Å². The molecule has 1 aromatic heterocycles. The van der Waals surface area contributed by atoms with Gasteiger partial charge in [0.2, 0.25) is 11.8 Å². The van der Waals surface area contributed by atoms with Gasteiger partial charge in [0.15, 0.2) is 6.61 Å². The highest BCUT2D eigenvalue weighted by Gasteiger charge is 2.29. The molecule has 0 spiro atoms. The van der Waals surface area contributed by atoms with Gasteiger partial charge in [0.1, 0.15) is 0 Å². The van der Waals surface area contributed by atoms with Gasteiger partial charge in [-0.3, -0.25) is 9.59 Å². The van der Waals surface area contributed by atoms with Gasteiger partial charge in [-0.2, -0.15) is 0 Å². The molecule has 2 aliphatic rings. The first-order valence-electron chi connectivity index (χ1n) is 9.59. The minimum Gasteiger partial charge on any atom is -0.468 e. The van der Waals surface area contributed by atoms with Crippen LogP contribution in [0.25, 0.3) is 0 Å². The third kappa shape index (κ3) is 6.29. The van der Waals surface area contributed by atoms with Gasteiger partial charge in [-0.15, -0.1) is 0 Å². The van der Waals surface area contributed by atoms with Crippen LogP contribution in [0, 0.1) is 5.92 Å². The van der Waals surface area contributed by atoms with E-state index in [4.69, 9.17) is 4.74 Å². The summed E-state index contributed by atoms with van der Waals surface area (Å²) in [4.78, 5) is 30.1.